The zero-order valence-electron chi connectivity index (χ0n) is 40.6. The molecule has 4 amide bonds. The number of aryl methyl sites for hydroxylation is 6. The number of nitrogens with zero attached hydrogens (tertiary/aromatic N) is 10. The summed E-state index contributed by atoms with van der Waals surface area (Å²) in [5.74, 6) is -1.79. The quantitative estimate of drug-likeness (QED) is 0.0682. The van der Waals surface area contributed by atoms with Crippen molar-refractivity contribution in [2.24, 2.45) is 35.5 Å². The highest BCUT2D eigenvalue weighted by Crippen LogP contribution is 2.36. The second-order valence-corrected chi connectivity index (χ2v) is 23.2. The van der Waals surface area contributed by atoms with E-state index in [0.29, 0.717) is 88.0 Å². The SMILES string of the molecule is CCn1nc(C)cc1C(=O)/N=c1\n(C)c2cc(C(N)=O)ccc2n1C/C(C)=C(\C)Cn1/c(=N/C(=O)c2cc(C)nn2CC)n(C)c2cc(C(N)=O)cc(OCCCO[Si](C)(C)C(C)(C)C)c21. The highest BCUT2D eigenvalue weighted by Gasteiger charge is 2.37. The number of fused-ring (bicyclic) bond motifs is 2. The zero-order chi connectivity index (χ0) is 48.6. The van der Waals surface area contributed by atoms with Crippen LogP contribution in [0.1, 0.15) is 108 Å². The second kappa shape index (κ2) is 19.1. The molecule has 4 N–H and O–H groups in total. The third-order valence-electron chi connectivity index (χ3n) is 12.5. The molecule has 0 aliphatic carbocycles. The van der Waals surface area contributed by atoms with Gasteiger partial charge in [-0.05, 0) is 102 Å². The molecule has 18 nitrogen and oxygen atoms in total. The van der Waals surface area contributed by atoms with Crippen molar-refractivity contribution in [3.8, 4) is 5.75 Å². The summed E-state index contributed by atoms with van der Waals surface area (Å²) in [6, 6.07) is 11.9. The van der Waals surface area contributed by atoms with Gasteiger partial charge in [0.25, 0.3) is 11.8 Å². The van der Waals surface area contributed by atoms with Gasteiger partial charge in [0.2, 0.25) is 23.1 Å². The lowest BCUT2D eigenvalue weighted by Gasteiger charge is -2.36. The van der Waals surface area contributed by atoms with Crippen LogP contribution in [0, 0.1) is 13.8 Å². The molecule has 0 spiro atoms. The van der Waals surface area contributed by atoms with E-state index >= 15 is 0 Å². The van der Waals surface area contributed by atoms with E-state index in [9.17, 15) is 19.2 Å². The molecule has 0 radical (unpaired) electrons. The molecule has 4 heterocycles. The summed E-state index contributed by atoms with van der Waals surface area (Å²) in [5, 5.41) is 8.97. The fourth-order valence-corrected chi connectivity index (χ4v) is 8.74. The number of rotatable bonds is 16. The summed E-state index contributed by atoms with van der Waals surface area (Å²) in [7, 11) is 1.57. The Morgan fingerprint density at radius 3 is 1.71 bits per heavy atom. The predicted molar refractivity (Wildman–Crippen MR) is 256 cm³/mol. The van der Waals surface area contributed by atoms with E-state index in [1.807, 2.05) is 50.7 Å². The molecule has 66 heavy (non-hydrogen) atoms. The van der Waals surface area contributed by atoms with Gasteiger partial charge >= 0.3 is 0 Å². The van der Waals surface area contributed by atoms with Gasteiger partial charge in [0.1, 0.15) is 22.7 Å². The Morgan fingerprint density at radius 2 is 1.20 bits per heavy atom. The minimum absolute atomic E-state index is 0.0482. The Balaban J connectivity index is 1.51. The molecule has 0 unspecified atom stereocenters. The number of allylic oxidation sites excluding steroid dienone is 2. The van der Waals surface area contributed by atoms with Gasteiger partial charge in [-0.1, -0.05) is 31.9 Å². The lowest BCUT2D eigenvalue weighted by molar-refractivity contribution is 0.0977. The van der Waals surface area contributed by atoms with E-state index in [1.165, 1.54) is 0 Å². The third kappa shape index (κ3) is 9.81. The van der Waals surface area contributed by atoms with Crippen LogP contribution in [-0.4, -0.2) is 83.0 Å². The van der Waals surface area contributed by atoms with Crippen molar-refractivity contribution in [3.05, 3.63) is 98.7 Å². The van der Waals surface area contributed by atoms with E-state index in [1.54, 1.807) is 75.1 Å². The summed E-state index contributed by atoms with van der Waals surface area (Å²) < 4.78 is 23.5. The molecule has 6 rings (SSSR count). The zero-order valence-corrected chi connectivity index (χ0v) is 41.6. The average molecular weight is 921 g/mol. The summed E-state index contributed by atoms with van der Waals surface area (Å²) in [5.41, 5.74) is 19.2. The Bertz CT molecular complexity index is 3070. The number of primary amides is 2. The highest BCUT2D eigenvalue weighted by molar-refractivity contribution is 6.74. The maximum absolute atomic E-state index is 14.1. The van der Waals surface area contributed by atoms with Crippen molar-refractivity contribution >= 4 is 54.0 Å². The molecule has 0 aliphatic heterocycles. The molecule has 19 heteroatoms. The number of imidazole rings is 2. The molecular formula is C47H64N12O6Si. The molecule has 0 fully saturated rings. The van der Waals surface area contributed by atoms with Crippen LogP contribution in [0.3, 0.4) is 0 Å². The summed E-state index contributed by atoms with van der Waals surface area (Å²) >= 11 is 0. The van der Waals surface area contributed by atoms with Gasteiger partial charge in [-0.3, -0.25) is 28.5 Å². The van der Waals surface area contributed by atoms with E-state index in [4.69, 9.17) is 25.6 Å². The van der Waals surface area contributed by atoms with Gasteiger partial charge < -0.3 is 38.9 Å². The number of benzene rings is 2. The number of amides is 4. The molecule has 0 saturated carbocycles. The molecular weight excluding hydrogens is 857 g/mol. The summed E-state index contributed by atoms with van der Waals surface area (Å²) in [4.78, 5) is 62.5. The largest absolute Gasteiger partial charge is 0.491 e. The molecule has 4 aromatic heterocycles. The monoisotopic (exact) mass is 920 g/mol. The molecule has 2 aromatic carbocycles. The minimum Gasteiger partial charge on any atom is -0.491 e. The Hall–Kier alpha value is -6.60. The Kier molecular flexibility index (Phi) is 14.1. The Labute approximate surface area is 385 Å². The fraction of sp³-hybridized carbons (Fsp3) is 0.447. The van der Waals surface area contributed by atoms with Gasteiger partial charge in [0.15, 0.2) is 8.32 Å². The number of hydrogen-bond donors (Lipinski definition) is 2. The van der Waals surface area contributed by atoms with E-state index < -0.39 is 31.9 Å². The first-order valence-electron chi connectivity index (χ1n) is 22.2. The molecule has 0 bridgehead atoms. The van der Waals surface area contributed by atoms with Crippen LogP contribution in [0.2, 0.25) is 18.1 Å². The van der Waals surface area contributed by atoms with Crippen LogP contribution in [0.4, 0.5) is 0 Å². The lowest BCUT2D eigenvalue weighted by atomic mass is 10.1. The van der Waals surface area contributed by atoms with Crippen molar-refractivity contribution in [1.82, 2.24) is 37.8 Å². The molecule has 352 valence electrons. The van der Waals surface area contributed by atoms with E-state index in [-0.39, 0.29) is 30.3 Å². The molecule has 0 aliphatic rings. The summed E-state index contributed by atoms with van der Waals surface area (Å²) in [6.07, 6.45) is 0.592. The molecule has 6 aromatic rings. The van der Waals surface area contributed by atoms with Gasteiger partial charge in [0.05, 0.1) is 34.5 Å². The first-order valence-corrected chi connectivity index (χ1v) is 25.1. The Morgan fingerprint density at radius 1 is 0.697 bits per heavy atom. The van der Waals surface area contributed by atoms with Crippen LogP contribution in [-0.2, 0) is 44.7 Å². The number of aromatic nitrogens is 8. The van der Waals surface area contributed by atoms with Gasteiger partial charge in [0, 0.05) is 64.4 Å². The topological polar surface area (TPSA) is 219 Å². The summed E-state index contributed by atoms with van der Waals surface area (Å²) in [6.45, 7) is 24.7. The maximum atomic E-state index is 14.1. The van der Waals surface area contributed by atoms with E-state index in [0.717, 1.165) is 16.7 Å². The van der Waals surface area contributed by atoms with Crippen molar-refractivity contribution < 1.29 is 28.3 Å². The second-order valence-electron chi connectivity index (χ2n) is 18.3. The first kappa shape index (κ1) is 48.8. The smallest absolute Gasteiger partial charge is 0.298 e. The van der Waals surface area contributed by atoms with Crippen molar-refractivity contribution in [2.75, 3.05) is 13.2 Å². The molecule has 0 atom stereocenters. The molecule has 0 saturated heterocycles. The minimum atomic E-state index is -2.00. The van der Waals surface area contributed by atoms with Gasteiger partial charge in [-0.2, -0.15) is 20.2 Å². The van der Waals surface area contributed by atoms with Crippen LogP contribution in [0.25, 0.3) is 22.1 Å². The number of carbonyl (C=O) groups is 4. The van der Waals surface area contributed by atoms with Crippen LogP contribution in [0.15, 0.2) is 63.6 Å². The maximum Gasteiger partial charge on any atom is 0.298 e. The third-order valence-corrected chi connectivity index (χ3v) is 17.1. The first-order chi connectivity index (χ1) is 31.0. The van der Waals surface area contributed by atoms with Crippen molar-refractivity contribution in [3.63, 3.8) is 0 Å². The standard InChI is InChI=1S/C47H64N12O6Si/c1-14-58-37(21-30(5)52-58)43(62)50-45-54(10)35-23-32(41(48)60)17-18-34(35)56(45)26-28(3)29(4)27-57-40-36(55(11)46(57)51-44(63)38-22-31(6)53-59(38)15-2)24-33(42(49)61)25-39(40)64-19-16-20-65-66(12,13)47(7,8)9/h17-18,21-25H,14-16,19-20,26-27H2,1-13H3,(H2,48,60)(H2,49,61)/b29-28+,50-45+,51-46+. The van der Waals surface area contributed by atoms with Crippen LogP contribution < -0.4 is 27.4 Å². The highest BCUT2D eigenvalue weighted by atomic mass is 28.4. The van der Waals surface area contributed by atoms with Crippen LogP contribution in [0.5, 0.6) is 5.75 Å². The lowest BCUT2D eigenvalue weighted by Crippen LogP contribution is -2.41. The van der Waals surface area contributed by atoms with E-state index in [2.05, 4.69) is 49.1 Å². The number of nitrogens with two attached hydrogens (primary N) is 2. The fourth-order valence-electron chi connectivity index (χ4n) is 7.65. The number of hydrogen-bond acceptors (Lipinski definition) is 8. The van der Waals surface area contributed by atoms with Gasteiger partial charge in [-0.15, -0.1) is 0 Å². The normalized spacial score (nSPS) is 13.3. The number of ether oxygens (including phenoxy) is 1. The van der Waals surface area contributed by atoms with Gasteiger partial charge in [-0.25, -0.2) is 0 Å². The number of carbonyl (C=O) groups excluding carboxylic acids is 4. The van der Waals surface area contributed by atoms with Crippen LogP contribution >= 0.6 is 0 Å². The van der Waals surface area contributed by atoms with Crippen molar-refractivity contribution in [1.29, 1.82) is 0 Å². The van der Waals surface area contributed by atoms with Crippen molar-refractivity contribution in [2.45, 2.75) is 113 Å². The predicted octanol–water partition coefficient (Wildman–Crippen LogP) is 5.83. The average Bonchev–Trinajstić information content (AvgIpc) is 3.98.